The molecule has 4 aliphatic rings. The number of hydrogen-bond acceptors (Lipinski definition) is 16. The van der Waals surface area contributed by atoms with Gasteiger partial charge in [0.25, 0.3) is 0 Å². The lowest BCUT2D eigenvalue weighted by Gasteiger charge is -2.18. The Balaban J connectivity index is 0.000000301. The molecule has 0 spiro atoms. The molecule has 1 N–H and O–H groups in total. The second kappa shape index (κ2) is 34.7. The van der Waals surface area contributed by atoms with Gasteiger partial charge in [0.05, 0.1) is 190 Å². The Kier molecular flexibility index (Phi) is 31.8. The molecule has 4 fully saturated rings. The normalized spacial score (nSPS) is 28.8. The zero-order chi connectivity index (χ0) is 34.7. The van der Waals surface area contributed by atoms with Gasteiger partial charge in [-0.3, -0.25) is 0 Å². The number of rotatable bonds is 6. The van der Waals surface area contributed by atoms with Gasteiger partial charge in [-0.1, -0.05) is 0 Å². The summed E-state index contributed by atoms with van der Waals surface area (Å²) in [6, 6.07) is 0. The monoisotopic (exact) mass is 736 g/mol. The van der Waals surface area contributed by atoms with Gasteiger partial charge in [0.2, 0.25) is 0 Å². The van der Waals surface area contributed by atoms with Crippen LogP contribution in [0.4, 0.5) is 0 Å². The Morgan fingerprint density at radius 1 is 0.367 bits per heavy atom. The lowest BCUT2D eigenvalue weighted by atomic mass is 10.4. The molecular weight excluding hydrogens is 676 g/mol. The first-order valence-electron chi connectivity index (χ1n) is 17.3. The molecule has 0 bridgehead atoms. The van der Waals surface area contributed by atoms with Crippen molar-refractivity contribution < 1.29 is 76.2 Å². The van der Waals surface area contributed by atoms with Crippen LogP contribution in [0, 0.1) is 0 Å². The van der Waals surface area contributed by atoms with E-state index in [1.54, 1.807) is 0 Å². The quantitative estimate of drug-likeness (QED) is 0.285. The SMILES string of the molecule is C1COCCOCCOC(COCC2CO2)COCCOCCO1.ClCC1CO1.OCC1COCCOCCOCCOCCOCCO1. The fraction of sp³-hybridized carbons (Fsp3) is 1.00. The number of halogens is 1. The average Bonchev–Trinajstić information content (AvgIpc) is 4.05. The molecular formula is C32H61ClO16. The van der Waals surface area contributed by atoms with Gasteiger partial charge in [-0.05, 0) is 0 Å². The van der Waals surface area contributed by atoms with E-state index in [2.05, 4.69) is 0 Å². The third-order valence-corrected chi connectivity index (χ3v) is 6.88. The predicted molar refractivity (Wildman–Crippen MR) is 176 cm³/mol. The van der Waals surface area contributed by atoms with E-state index in [1.807, 2.05) is 0 Å². The summed E-state index contributed by atoms with van der Waals surface area (Å²) in [4.78, 5) is 0. The molecule has 4 unspecified atom stereocenters. The van der Waals surface area contributed by atoms with Crippen LogP contribution in [0.1, 0.15) is 0 Å². The van der Waals surface area contributed by atoms with Gasteiger partial charge in [-0.2, -0.15) is 0 Å². The Morgan fingerprint density at radius 3 is 0.959 bits per heavy atom. The topological polar surface area (TPSA) is 165 Å². The molecule has 17 heteroatoms. The summed E-state index contributed by atoms with van der Waals surface area (Å²) in [6.45, 7) is 14.0. The Hall–Kier alpha value is -0.350. The average molecular weight is 737 g/mol. The van der Waals surface area contributed by atoms with Crippen LogP contribution in [0.3, 0.4) is 0 Å². The van der Waals surface area contributed by atoms with E-state index in [9.17, 15) is 0 Å². The van der Waals surface area contributed by atoms with Crippen LogP contribution in [0.25, 0.3) is 0 Å². The van der Waals surface area contributed by atoms with Gasteiger partial charge in [0.1, 0.15) is 18.3 Å². The van der Waals surface area contributed by atoms with Crippen LogP contribution >= 0.6 is 11.6 Å². The fourth-order valence-electron chi connectivity index (χ4n) is 3.69. The van der Waals surface area contributed by atoms with Crippen molar-refractivity contribution in [3.8, 4) is 0 Å². The minimum absolute atomic E-state index is 0.0716. The molecule has 4 aliphatic heterocycles. The summed E-state index contributed by atoms with van der Waals surface area (Å²) in [6.07, 6.45) is 0.212. The maximum Gasteiger partial charge on any atom is 0.104 e. The van der Waals surface area contributed by atoms with E-state index >= 15 is 0 Å². The minimum atomic E-state index is -0.322. The van der Waals surface area contributed by atoms with Crippen molar-refractivity contribution in [2.45, 2.75) is 24.4 Å². The number of aliphatic hydroxyl groups excluding tert-OH is 1. The third kappa shape index (κ3) is 32.1. The van der Waals surface area contributed by atoms with Gasteiger partial charge in [0.15, 0.2) is 0 Å². The molecule has 0 aromatic heterocycles. The van der Waals surface area contributed by atoms with E-state index in [4.69, 9.17) is 87.8 Å². The second-order valence-electron chi connectivity index (χ2n) is 10.8. The Morgan fingerprint density at radius 2 is 0.653 bits per heavy atom. The molecule has 4 atom stereocenters. The molecule has 16 nitrogen and oxygen atoms in total. The third-order valence-electron chi connectivity index (χ3n) is 6.53. The first-order chi connectivity index (χ1) is 24.3. The van der Waals surface area contributed by atoms with E-state index in [-0.39, 0.29) is 24.9 Å². The highest BCUT2D eigenvalue weighted by Gasteiger charge is 2.23. The van der Waals surface area contributed by atoms with Crippen LogP contribution in [0.15, 0.2) is 0 Å². The number of aliphatic hydroxyl groups is 1. The van der Waals surface area contributed by atoms with Crippen molar-refractivity contribution in [3.63, 3.8) is 0 Å². The first kappa shape index (κ1) is 44.8. The highest BCUT2D eigenvalue weighted by Crippen LogP contribution is 2.09. The van der Waals surface area contributed by atoms with Crippen molar-refractivity contribution in [1.29, 1.82) is 0 Å². The smallest absolute Gasteiger partial charge is 0.104 e. The maximum absolute atomic E-state index is 9.13. The van der Waals surface area contributed by atoms with Gasteiger partial charge in [0, 0.05) is 0 Å². The van der Waals surface area contributed by atoms with Crippen LogP contribution in [0.5, 0.6) is 0 Å². The van der Waals surface area contributed by atoms with E-state index in [0.717, 1.165) is 13.2 Å². The molecule has 0 amide bonds. The van der Waals surface area contributed by atoms with Gasteiger partial charge < -0.3 is 76.2 Å². The Labute approximate surface area is 296 Å². The second-order valence-corrected chi connectivity index (χ2v) is 11.1. The van der Waals surface area contributed by atoms with Crippen molar-refractivity contribution >= 4 is 11.6 Å². The number of ether oxygens (including phenoxy) is 15. The summed E-state index contributed by atoms with van der Waals surface area (Å²) >= 11 is 5.27. The van der Waals surface area contributed by atoms with Gasteiger partial charge in [-0.15, -0.1) is 11.6 Å². The van der Waals surface area contributed by atoms with Crippen LogP contribution < -0.4 is 0 Å². The minimum Gasteiger partial charge on any atom is -0.394 e. The lowest BCUT2D eigenvalue weighted by Crippen LogP contribution is -2.29. The largest absolute Gasteiger partial charge is 0.394 e. The van der Waals surface area contributed by atoms with Crippen molar-refractivity contribution in [1.82, 2.24) is 0 Å². The van der Waals surface area contributed by atoms with E-state index in [1.165, 1.54) is 0 Å². The number of hydrogen-bond donors (Lipinski definition) is 1. The van der Waals surface area contributed by atoms with E-state index < -0.39 is 0 Å². The maximum atomic E-state index is 9.13. The highest BCUT2D eigenvalue weighted by molar-refractivity contribution is 6.18. The van der Waals surface area contributed by atoms with Crippen molar-refractivity contribution in [3.05, 3.63) is 0 Å². The predicted octanol–water partition coefficient (Wildman–Crippen LogP) is -0.0319. The molecule has 4 heterocycles. The molecule has 292 valence electrons. The van der Waals surface area contributed by atoms with Crippen LogP contribution in [-0.4, -0.2) is 214 Å². The molecule has 0 aromatic carbocycles. The number of alkyl halides is 1. The molecule has 49 heavy (non-hydrogen) atoms. The van der Waals surface area contributed by atoms with Gasteiger partial charge in [-0.25, -0.2) is 0 Å². The summed E-state index contributed by atoms with van der Waals surface area (Å²) in [5, 5.41) is 9.13. The molecule has 0 radical (unpaired) electrons. The molecule has 4 rings (SSSR count). The summed E-state index contributed by atoms with van der Waals surface area (Å²) in [5.74, 6) is 0.667. The lowest BCUT2D eigenvalue weighted by molar-refractivity contribution is -0.0853. The molecule has 0 saturated carbocycles. The van der Waals surface area contributed by atoms with E-state index in [0.29, 0.717) is 171 Å². The van der Waals surface area contributed by atoms with Gasteiger partial charge >= 0.3 is 0 Å². The summed E-state index contributed by atoms with van der Waals surface area (Å²) in [5.41, 5.74) is 0. The van der Waals surface area contributed by atoms with Crippen LogP contribution in [-0.2, 0) is 71.1 Å². The zero-order valence-electron chi connectivity index (χ0n) is 29.1. The Bertz CT molecular complexity index is 643. The zero-order valence-corrected chi connectivity index (χ0v) is 29.8. The van der Waals surface area contributed by atoms with Crippen molar-refractivity contribution in [2.24, 2.45) is 0 Å². The molecule has 0 aliphatic carbocycles. The summed E-state index contributed by atoms with van der Waals surface area (Å²) < 4.78 is 80.6. The summed E-state index contributed by atoms with van der Waals surface area (Å²) in [7, 11) is 0. The van der Waals surface area contributed by atoms with Crippen LogP contribution in [0.2, 0.25) is 0 Å². The highest BCUT2D eigenvalue weighted by atomic mass is 35.5. The first-order valence-corrected chi connectivity index (χ1v) is 17.8. The molecule has 0 aromatic rings. The molecule has 4 saturated heterocycles. The van der Waals surface area contributed by atoms with Crippen molar-refractivity contribution in [2.75, 3.05) is 184 Å². The fourth-order valence-corrected chi connectivity index (χ4v) is 3.86. The standard InChI is InChI=1S/C16H30O8.C13H26O7.C3H5ClO/c1-2-18-5-6-20-9-10-23-15(12-22-13-16-14-24-16)11-21-8-7-19-4-3-17-1;14-11-13-12-19-8-7-17-4-3-15-1-2-16-5-6-18-9-10-20-13;4-1-3-2-5-3/h15-16H,1-14H2;13-14H,1-12H2;3H,1-2H2. The number of epoxide rings is 2.